The molecule has 0 atom stereocenters. The lowest BCUT2D eigenvalue weighted by Crippen LogP contribution is -2.38. The molecule has 8 nitrogen and oxygen atoms in total. The van der Waals surface area contributed by atoms with Crippen molar-refractivity contribution in [3.05, 3.63) is 24.3 Å². The van der Waals surface area contributed by atoms with Crippen LogP contribution >= 0.6 is 0 Å². The third-order valence-electron chi connectivity index (χ3n) is 9.72. The lowest BCUT2D eigenvalue weighted by molar-refractivity contribution is -0.152. The molecule has 0 saturated heterocycles. The number of alkyl carbamates (subject to hydrolysis) is 1. The Kier molecular flexibility index (Phi) is 39.0. The lowest BCUT2D eigenvalue weighted by atomic mass is 10.1. The highest BCUT2D eigenvalue weighted by atomic mass is 16.6. The molecule has 0 bridgehead atoms. The molecule has 0 unspecified atom stereocenters. The highest BCUT2D eigenvalue weighted by Crippen LogP contribution is 2.13. The number of likely N-dealkylation sites (N-methyl/N-ethyl adjacent to an activating group) is 1. The SMILES string of the molecule is CCCCCCCC/C=C\CCCCCCCC(=O)OCC(COC(=O)CCCCCCC/C=C\CCCCCCCC)OC(=O)NCCN(C)CC. The zero-order chi connectivity index (χ0) is 38.9. The average Bonchev–Trinajstić information content (AvgIpc) is 3.15. The van der Waals surface area contributed by atoms with Gasteiger partial charge in [0.25, 0.3) is 0 Å². The van der Waals surface area contributed by atoms with E-state index in [0.29, 0.717) is 25.9 Å². The van der Waals surface area contributed by atoms with E-state index < -0.39 is 12.2 Å². The van der Waals surface area contributed by atoms with E-state index in [2.05, 4.69) is 48.4 Å². The fourth-order valence-corrected chi connectivity index (χ4v) is 6.01. The summed E-state index contributed by atoms with van der Waals surface area (Å²) in [7, 11) is 1.97. The molecule has 0 aromatic heterocycles. The number of ether oxygens (including phenoxy) is 3. The summed E-state index contributed by atoms with van der Waals surface area (Å²) in [5.41, 5.74) is 0. The molecule has 0 spiro atoms. The van der Waals surface area contributed by atoms with Crippen LogP contribution in [-0.2, 0) is 23.8 Å². The Morgan fingerprint density at radius 1 is 0.528 bits per heavy atom. The van der Waals surface area contributed by atoms with E-state index in [1.165, 1.54) is 103 Å². The summed E-state index contributed by atoms with van der Waals surface area (Å²) in [6, 6.07) is 0. The first-order valence-corrected chi connectivity index (χ1v) is 22.2. The second-order valence-electron chi connectivity index (χ2n) is 14.9. The summed E-state index contributed by atoms with van der Waals surface area (Å²) in [6.45, 7) is 8.29. The number of hydrogen-bond donors (Lipinski definition) is 1. The van der Waals surface area contributed by atoms with Gasteiger partial charge in [-0.15, -0.1) is 0 Å². The zero-order valence-electron chi connectivity index (χ0n) is 35.1. The van der Waals surface area contributed by atoms with Crippen LogP contribution in [0.25, 0.3) is 0 Å². The molecular formula is C45H84N2O6. The maximum absolute atomic E-state index is 12.4. The van der Waals surface area contributed by atoms with E-state index in [0.717, 1.165) is 70.8 Å². The summed E-state index contributed by atoms with van der Waals surface area (Å²) in [5, 5.41) is 2.73. The molecule has 0 radical (unpaired) electrons. The summed E-state index contributed by atoms with van der Waals surface area (Å²) < 4.78 is 16.4. The predicted molar refractivity (Wildman–Crippen MR) is 222 cm³/mol. The Balaban J connectivity index is 4.21. The van der Waals surface area contributed by atoms with Gasteiger partial charge in [0.15, 0.2) is 6.10 Å². The van der Waals surface area contributed by atoms with Crippen molar-refractivity contribution in [2.75, 3.05) is 39.9 Å². The number of nitrogens with zero attached hydrogens (tertiary/aromatic N) is 1. The molecule has 310 valence electrons. The van der Waals surface area contributed by atoms with Gasteiger partial charge in [-0.2, -0.15) is 0 Å². The first-order chi connectivity index (χ1) is 25.9. The highest BCUT2D eigenvalue weighted by molar-refractivity contribution is 5.70. The van der Waals surface area contributed by atoms with Gasteiger partial charge in [-0.1, -0.05) is 148 Å². The second-order valence-corrected chi connectivity index (χ2v) is 14.9. The molecule has 0 aliphatic carbocycles. The molecule has 0 rings (SSSR count). The minimum absolute atomic E-state index is 0.132. The van der Waals surface area contributed by atoms with Crippen molar-refractivity contribution in [2.45, 2.75) is 207 Å². The van der Waals surface area contributed by atoms with Crippen LogP contribution in [-0.4, -0.2) is 68.9 Å². The van der Waals surface area contributed by atoms with Crippen LogP contribution < -0.4 is 5.32 Å². The third-order valence-corrected chi connectivity index (χ3v) is 9.72. The molecule has 0 aliphatic rings. The second kappa shape index (κ2) is 40.8. The first kappa shape index (κ1) is 50.6. The Labute approximate surface area is 327 Å². The molecule has 1 N–H and O–H groups in total. The Morgan fingerprint density at radius 3 is 1.26 bits per heavy atom. The maximum Gasteiger partial charge on any atom is 0.407 e. The normalized spacial score (nSPS) is 11.7. The highest BCUT2D eigenvalue weighted by Gasteiger charge is 2.19. The van der Waals surface area contributed by atoms with Gasteiger partial charge in [0.05, 0.1) is 0 Å². The molecule has 0 aliphatic heterocycles. The van der Waals surface area contributed by atoms with Crippen molar-refractivity contribution in [3.8, 4) is 0 Å². The molecule has 0 heterocycles. The fourth-order valence-electron chi connectivity index (χ4n) is 6.01. The molecule has 0 fully saturated rings. The monoisotopic (exact) mass is 749 g/mol. The van der Waals surface area contributed by atoms with E-state index in [4.69, 9.17) is 14.2 Å². The Hall–Kier alpha value is -2.35. The smallest absolute Gasteiger partial charge is 0.407 e. The van der Waals surface area contributed by atoms with E-state index in [1.54, 1.807) is 0 Å². The van der Waals surface area contributed by atoms with Gasteiger partial charge < -0.3 is 24.4 Å². The van der Waals surface area contributed by atoms with Gasteiger partial charge in [-0.3, -0.25) is 9.59 Å². The Bertz CT molecular complexity index is 836. The number of amides is 1. The molecule has 0 aromatic rings. The molecular weight excluding hydrogens is 665 g/mol. The van der Waals surface area contributed by atoms with Crippen LogP contribution in [0.4, 0.5) is 4.79 Å². The number of allylic oxidation sites excluding steroid dienone is 4. The number of nitrogens with one attached hydrogen (secondary N) is 1. The van der Waals surface area contributed by atoms with Crippen molar-refractivity contribution >= 4 is 18.0 Å². The molecule has 8 heteroatoms. The van der Waals surface area contributed by atoms with Gasteiger partial charge in [-0.05, 0) is 77.8 Å². The third kappa shape index (κ3) is 39.2. The summed E-state index contributed by atoms with van der Waals surface area (Å²) in [6.07, 6.45) is 39.7. The molecule has 0 aromatic carbocycles. The van der Waals surface area contributed by atoms with Gasteiger partial charge >= 0.3 is 18.0 Å². The summed E-state index contributed by atoms with van der Waals surface area (Å²) in [5.74, 6) is -0.637. The van der Waals surface area contributed by atoms with Crippen LogP contribution in [0, 0.1) is 0 Å². The first-order valence-electron chi connectivity index (χ1n) is 22.2. The number of carbonyl (C=O) groups excluding carboxylic acids is 3. The van der Waals surface area contributed by atoms with Gasteiger partial charge in [0, 0.05) is 25.9 Å². The van der Waals surface area contributed by atoms with Crippen LogP contribution in [0.1, 0.15) is 201 Å². The van der Waals surface area contributed by atoms with Crippen molar-refractivity contribution in [1.29, 1.82) is 0 Å². The Morgan fingerprint density at radius 2 is 0.887 bits per heavy atom. The minimum Gasteiger partial charge on any atom is -0.462 e. The van der Waals surface area contributed by atoms with E-state index in [1.807, 2.05) is 14.0 Å². The molecule has 53 heavy (non-hydrogen) atoms. The van der Waals surface area contributed by atoms with E-state index in [-0.39, 0.29) is 25.2 Å². The predicted octanol–water partition coefficient (Wildman–Crippen LogP) is 12.2. The van der Waals surface area contributed by atoms with Crippen LogP contribution in [0.2, 0.25) is 0 Å². The fraction of sp³-hybridized carbons (Fsp3) is 0.844. The minimum atomic E-state index is -0.852. The number of carbonyl (C=O) groups is 3. The van der Waals surface area contributed by atoms with E-state index in [9.17, 15) is 14.4 Å². The molecule has 0 saturated carbocycles. The van der Waals surface area contributed by atoms with Gasteiger partial charge in [-0.25, -0.2) is 4.79 Å². The van der Waals surface area contributed by atoms with Crippen LogP contribution in [0.15, 0.2) is 24.3 Å². The van der Waals surface area contributed by atoms with Gasteiger partial charge in [0.2, 0.25) is 0 Å². The topological polar surface area (TPSA) is 94.2 Å². The van der Waals surface area contributed by atoms with E-state index >= 15 is 0 Å². The maximum atomic E-state index is 12.4. The van der Waals surface area contributed by atoms with Crippen molar-refractivity contribution in [3.63, 3.8) is 0 Å². The average molecular weight is 749 g/mol. The van der Waals surface area contributed by atoms with Crippen molar-refractivity contribution in [2.24, 2.45) is 0 Å². The number of unbranched alkanes of at least 4 members (excludes halogenated alkanes) is 22. The lowest BCUT2D eigenvalue weighted by Gasteiger charge is -2.19. The van der Waals surface area contributed by atoms with Crippen molar-refractivity contribution < 1.29 is 28.6 Å². The quantitative estimate of drug-likeness (QED) is 0.0289. The van der Waals surface area contributed by atoms with Crippen LogP contribution in [0.3, 0.4) is 0 Å². The van der Waals surface area contributed by atoms with Crippen molar-refractivity contribution in [1.82, 2.24) is 10.2 Å². The standard InChI is InChI=1S/C45H84N2O6/c1-5-8-10-12-14-16-18-20-22-24-26-28-30-32-34-36-43(48)51-40-42(53-45(50)46-38-39-47(4)7-3)41-52-44(49)37-35-33-31-29-27-25-23-21-19-17-15-13-11-9-6-2/h20-23,42H,5-19,24-41H2,1-4H3,(H,46,50)/b22-20-,23-21-. The zero-order valence-corrected chi connectivity index (χ0v) is 35.1. The summed E-state index contributed by atoms with van der Waals surface area (Å²) in [4.78, 5) is 39.4. The largest absolute Gasteiger partial charge is 0.462 e. The van der Waals surface area contributed by atoms with Gasteiger partial charge in [0.1, 0.15) is 13.2 Å². The molecule has 1 amide bonds. The van der Waals surface area contributed by atoms with Crippen LogP contribution in [0.5, 0.6) is 0 Å². The number of hydrogen-bond acceptors (Lipinski definition) is 7. The summed E-state index contributed by atoms with van der Waals surface area (Å²) >= 11 is 0. The number of esters is 2. The number of rotatable bonds is 39.